The molecule has 3 heterocycles. The van der Waals surface area contributed by atoms with Gasteiger partial charge in [0.05, 0.1) is 12.9 Å². The Labute approximate surface area is 127 Å². The van der Waals surface area contributed by atoms with E-state index in [9.17, 15) is 4.79 Å². The minimum absolute atomic E-state index is 0.0364. The number of aromatic nitrogens is 4. The van der Waals surface area contributed by atoms with E-state index in [0.29, 0.717) is 23.6 Å². The summed E-state index contributed by atoms with van der Waals surface area (Å²) in [5, 5.41) is 10.9. The largest absolute Gasteiger partial charge is 0.333 e. The van der Waals surface area contributed by atoms with E-state index in [1.54, 1.807) is 11.7 Å². The Hall–Kier alpha value is -1.80. The van der Waals surface area contributed by atoms with Crippen LogP contribution in [0.3, 0.4) is 0 Å². The van der Waals surface area contributed by atoms with Crippen molar-refractivity contribution in [2.75, 3.05) is 25.0 Å². The second-order valence-corrected chi connectivity index (χ2v) is 6.20. The smallest absolute Gasteiger partial charge is 0.240 e. The molecule has 7 nitrogen and oxygen atoms in total. The first-order valence-corrected chi connectivity index (χ1v) is 7.86. The summed E-state index contributed by atoms with van der Waals surface area (Å²) in [6.07, 6.45) is 6.72. The third-order valence-corrected chi connectivity index (χ3v) is 4.49. The van der Waals surface area contributed by atoms with Crippen molar-refractivity contribution in [2.45, 2.75) is 19.4 Å². The van der Waals surface area contributed by atoms with Gasteiger partial charge in [0.15, 0.2) is 0 Å². The van der Waals surface area contributed by atoms with Gasteiger partial charge in [-0.15, -0.1) is 10.2 Å². The monoisotopic (exact) mass is 306 g/mol. The number of hydrogen-bond donors (Lipinski definition) is 1. The van der Waals surface area contributed by atoms with Crippen LogP contribution in [0.15, 0.2) is 24.2 Å². The minimum Gasteiger partial charge on any atom is -0.333 e. The molecule has 1 fully saturated rings. The molecule has 0 aliphatic carbocycles. The molecule has 21 heavy (non-hydrogen) atoms. The molecular weight excluding hydrogens is 288 g/mol. The lowest BCUT2D eigenvalue weighted by Crippen LogP contribution is -2.43. The van der Waals surface area contributed by atoms with Gasteiger partial charge in [0.2, 0.25) is 11.0 Å². The number of imidazole rings is 1. The molecule has 3 rings (SSSR count). The lowest BCUT2D eigenvalue weighted by atomic mass is 9.93. The van der Waals surface area contributed by atoms with Crippen LogP contribution in [0.5, 0.6) is 0 Å². The normalized spacial score (nSPS) is 23.1. The zero-order valence-electron chi connectivity index (χ0n) is 11.8. The lowest BCUT2D eigenvalue weighted by Gasteiger charge is -2.37. The first-order valence-electron chi connectivity index (χ1n) is 6.98. The standard InChI is InChI=1S/C13H18N6OS/c1-10-2-4-18(6-11(10)19-5-3-14-8-19)7-12(20)16-13-17-15-9-21-13/h3,5,8-11H,2,4,6-7H2,1H3,(H,16,17,20). The van der Waals surface area contributed by atoms with Gasteiger partial charge in [-0.05, 0) is 18.9 Å². The van der Waals surface area contributed by atoms with Crippen LogP contribution in [-0.2, 0) is 4.79 Å². The fourth-order valence-corrected chi connectivity index (χ4v) is 3.16. The van der Waals surface area contributed by atoms with Gasteiger partial charge >= 0.3 is 0 Å². The summed E-state index contributed by atoms with van der Waals surface area (Å²) in [5.74, 6) is 0.548. The van der Waals surface area contributed by atoms with Crippen molar-refractivity contribution in [3.05, 3.63) is 24.2 Å². The summed E-state index contributed by atoms with van der Waals surface area (Å²) in [6, 6.07) is 0.371. The molecule has 112 valence electrons. The zero-order valence-corrected chi connectivity index (χ0v) is 12.7. The molecule has 2 aromatic rings. The Bertz CT molecular complexity index is 570. The maximum atomic E-state index is 12.0. The van der Waals surface area contributed by atoms with E-state index in [0.717, 1.165) is 19.5 Å². The van der Waals surface area contributed by atoms with Crippen LogP contribution in [0.25, 0.3) is 0 Å². The molecule has 8 heteroatoms. The molecule has 1 aliphatic heterocycles. The van der Waals surface area contributed by atoms with Crippen molar-refractivity contribution in [3.8, 4) is 0 Å². The molecule has 1 saturated heterocycles. The van der Waals surface area contributed by atoms with Crippen molar-refractivity contribution in [3.63, 3.8) is 0 Å². The van der Waals surface area contributed by atoms with Gasteiger partial charge in [-0.1, -0.05) is 18.3 Å². The fraction of sp³-hybridized carbons (Fsp3) is 0.538. The fourth-order valence-electron chi connectivity index (χ4n) is 2.70. The highest BCUT2D eigenvalue weighted by atomic mass is 32.1. The molecule has 2 unspecified atom stereocenters. The van der Waals surface area contributed by atoms with Gasteiger partial charge in [-0.2, -0.15) is 0 Å². The summed E-state index contributed by atoms with van der Waals surface area (Å²) in [6.45, 7) is 4.44. The number of nitrogens with one attached hydrogen (secondary N) is 1. The van der Waals surface area contributed by atoms with E-state index in [2.05, 4.69) is 36.9 Å². The predicted molar refractivity (Wildman–Crippen MR) is 80.0 cm³/mol. The minimum atomic E-state index is -0.0364. The SMILES string of the molecule is CC1CCN(CC(=O)Nc2nncs2)CC1n1ccnc1. The Morgan fingerprint density at radius 2 is 2.48 bits per heavy atom. The first-order chi connectivity index (χ1) is 10.2. The third kappa shape index (κ3) is 3.45. The van der Waals surface area contributed by atoms with E-state index in [-0.39, 0.29) is 5.91 Å². The van der Waals surface area contributed by atoms with Crippen molar-refractivity contribution in [2.24, 2.45) is 5.92 Å². The molecular formula is C13H18N6OS. The molecule has 1 aliphatic rings. The molecule has 2 atom stereocenters. The number of piperidine rings is 1. The number of carbonyl (C=O) groups is 1. The van der Waals surface area contributed by atoms with Crippen molar-refractivity contribution >= 4 is 22.4 Å². The van der Waals surface area contributed by atoms with Crippen molar-refractivity contribution < 1.29 is 4.79 Å². The first kappa shape index (κ1) is 14.2. The van der Waals surface area contributed by atoms with E-state index in [1.807, 2.05) is 12.5 Å². The second-order valence-electron chi connectivity index (χ2n) is 5.37. The van der Waals surface area contributed by atoms with Crippen molar-refractivity contribution in [1.29, 1.82) is 0 Å². The van der Waals surface area contributed by atoms with Crippen LogP contribution in [-0.4, -0.2) is 50.2 Å². The number of amides is 1. The number of likely N-dealkylation sites (tertiary alicyclic amines) is 1. The number of hydrogen-bond acceptors (Lipinski definition) is 6. The molecule has 1 N–H and O–H groups in total. The number of anilines is 1. The zero-order chi connectivity index (χ0) is 14.7. The second kappa shape index (κ2) is 6.31. The average Bonchev–Trinajstić information content (AvgIpc) is 3.13. The summed E-state index contributed by atoms with van der Waals surface area (Å²) in [4.78, 5) is 18.3. The Balaban J connectivity index is 1.57. The highest BCUT2D eigenvalue weighted by Crippen LogP contribution is 2.27. The summed E-state index contributed by atoms with van der Waals surface area (Å²) < 4.78 is 2.14. The molecule has 0 aromatic carbocycles. The van der Waals surface area contributed by atoms with Crippen LogP contribution in [0, 0.1) is 5.92 Å². The molecule has 0 radical (unpaired) electrons. The van der Waals surface area contributed by atoms with Crippen LogP contribution in [0.4, 0.5) is 5.13 Å². The average molecular weight is 306 g/mol. The van der Waals surface area contributed by atoms with E-state index in [1.165, 1.54) is 11.3 Å². The lowest BCUT2D eigenvalue weighted by molar-refractivity contribution is -0.117. The highest BCUT2D eigenvalue weighted by molar-refractivity contribution is 7.13. The molecule has 0 bridgehead atoms. The quantitative estimate of drug-likeness (QED) is 0.920. The molecule has 2 aromatic heterocycles. The van der Waals surface area contributed by atoms with Gasteiger partial charge < -0.3 is 4.57 Å². The number of carbonyl (C=O) groups excluding carboxylic acids is 1. The van der Waals surface area contributed by atoms with E-state index < -0.39 is 0 Å². The maximum Gasteiger partial charge on any atom is 0.240 e. The van der Waals surface area contributed by atoms with Gasteiger partial charge in [0.1, 0.15) is 5.51 Å². The molecule has 0 spiro atoms. The number of rotatable bonds is 4. The van der Waals surface area contributed by atoms with Crippen LogP contribution in [0.1, 0.15) is 19.4 Å². The van der Waals surface area contributed by atoms with Gasteiger partial charge in [-0.3, -0.25) is 15.0 Å². The Kier molecular flexibility index (Phi) is 4.26. The van der Waals surface area contributed by atoms with Gasteiger partial charge in [0.25, 0.3) is 0 Å². The van der Waals surface area contributed by atoms with Gasteiger partial charge in [-0.25, -0.2) is 4.98 Å². The third-order valence-electron chi connectivity index (χ3n) is 3.88. The molecule has 1 amide bonds. The highest BCUT2D eigenvalue weighted by Gasteiger charge is 2.28. The van der Waals surface area contributed by atoms with Crippen molar-refractivity contribution in [1.82, 2.24) is 24.6 Å². The Morgan fingerprint density at radius 3 is 3.19 bits per heavy atom. The van der Waals surface area contributed by atoms with Gasteiger partial charge in [0, 0.05) is 25.0 Å². The predicted octanol–water partition coefficient (Wildman–Crippen LogP) is 1.26. The van der Waals surface area contributed by atoms with E-state index >= 15 is 0 Å². The Morgan fingerprint density at radius 1 is 1.57 bits per heavy atom. The van der Waals surface area contributed by atoms with Crippen LogP contribution < -0.4 is 5.32 Å². The maximum absolute atomic E-state index is 12.0. The summed E-state index contributed by atoms with van der Waals surface area (Å²) in [7, 11) is 0. The topological polar surface area (TPSA) is 75.9 Å². The van der Waals surface area contributed by atoms with Crippen LogP contribution in [0.2, 0.25) is 0 Å². The van der Waals surface area contributed by atoms with Crippen LogP contribution >= 0.6 is 11.3 Å². The molecule has 0 saturated carbocycles. The number of nitrogens with zero attached hydrogens (tertiary/aromatic N) is 5. The van der Waals surface area contributed by atoms with E-state index in [4.69, 9.17) is 0 Å². The summed E-state index contributed by atoms with van der Waals surface area (Å²) in [5.41, 5.74) is 1.60. The summed E-state index contributed by atoms with van der Waals surface area (Å²) >= 11 is 1.33.